The van der Waals surface area contributed by atoms with E-state index in [1.54, 1.807) is 0 Å². The zero-order chi connectivity index (χ0) is 58.5. The van der Waals surface area contributed by atoms with E-state index in [-0.39, 0.29) is 66.3 Å². The standard InChI is InChI=1S/C42H54N6.C16H36N.4CH2Cl2.ClH/c1-37(2)25-13-15-27(43-25)38(3,4)29-17-19-31(45-29)40(7,8)33-21-23-35(47-33)42(11,12)36-24-22-34(48-36)41(9,10)32-20-18-30(46-32)39(5,6)28-16-14-26(37)44-28;1-5-9-13-17(14-10-6-2,15-11-7-3)16-12-8-4;4*2-1-3;/h13-24,43-48H,1-12H3;5-16H2,1-4H3;4*1H2;1H/q;+1;;;;;/p-1. The molecule has 1 aliphatic heterocycles. The summed E-state index contributed by atoms with van der Waals surface area (Å²) in [5.74, 6) is 0. The molecule has 0 spiro atoms. The first-order chi connectivity index (χ1) is 36.2. The number of aromatic amines is 6. The number of quaternary nitrogens is 1. The third-order valence-corrected chi connectivity index (χ3v) is 16.1. The fraction of sp³-hybridized carbons (Fsp3) is 0.613. The van der Waals surface area contributed by atoms with E-state index >= 15 is 0 Å². The molecule has 6 aromatic heterocycles. The highest BCUT2D eigenvalue weighted by molar-refractivity contribution is 6.41. The first-order valence-corrected chi connectivity index (χ1v) is 32.0. The Hall–Kier alpha value is -1.75. The molecule has 0 fully saturated rings. The van der Waals surface area contributed by atoms with Crippen molar-refractivity contribution in [3.63, 3.8) is 0 Å². The van der Waals surface area contributed by atoms with Crippen LogP contribution in [0.4, 0.5) is 0 Å². The van der Waals surface area contributed by atoms with Crippen LogP contribution in [0.25, 0.3) is 0 Å². The Balaban J connectivity index is 0.000000846. The molecule has 7 heterocycles. The van der Waals surface area contributed by atoms with E-state index < -0.39 is 0 Å². The summed E-state index contributed by atoms with van der Waals surface area (Å²) >= 11 is 38.1. The third-order valence-electron chi connectivity index (χ3n) is 16.1. The van der Waals surface area contributed by atoms with E-state index in [4.69, 9.17) is 92.8 Å². The smallest absolute Gasteiger partial charge is 0.0967 e. The molecule has 6 N–H and O–H groups in total. The number of H-pyrrole nitrogens is 6. The van der Waals surface area contributed by atoms with Crippen LogP contribution in [0.2, 0.25) is 0 Å². The van der Waals surface area contributed by atoms with E-state index in [1.165, 1.54) is 150 Å². The Morgan fingerprint density at radius 1 is 0.269 bits per heavy atom. The van der Waals surface area contributed by atoms with Crippen molar-refractivity contribution in [3.05, 3.63) is 141 Å². The molecule has 6 aromatic rings. The second-order valence-electron chi connectivity index (χ2n) is 23.5. The van der Waals surface area contributed by atoms with Gasteiger partial charge in [0.2, 0.25) is 0 Å². The maximum atomic E-state index is 4.76. The Bertz CT molecular complexity index is 1970. The topological polar surface area (TPSA) is 94.7 Å². The van der Waals surface area contributed by atoms with Gasteiger partial charge in [-0.15, -0.1) is 92.8 Å². The SMILES string of the molecule is CC1(C)c2ccc([nH]2)C(C)(C)c2ccc([nH]2)C(C)(C)c2ccc([nH]2)C(C)(C)c2ccc([nH]2)C(C)(C)c2ccc([nH]2)C(C)(C)c2ccc1[nH]2.CCCC[N+](CCCC)(CCCC)CCCC.ClCCl.ClCCl.ClCCl.ClCCl.[Cl-]. The van der Waals surface area contributed by atoms with Crippen LogP contribution in [0.5, 0.6) is 0 Å². The molecule has 1 aliphatic rings. The molecule has 0 radical (unpaired) electrons. The molecule has 0 amide bonds. The number of rotatable bonds is 12. The molecule has 7 rings (SSSR count). The van der Waals surface area contributed by atoms with Gasteiger partial charge in [-0.05, 0) is 182 Å². The number of aromatic nitrogens is 6. The average Bonchev–Trinajstić information content (AvgIpc) is 4.24. The molecule has 0 saturated carbocycles. The van der Waals surface area contributed by atoms with Gasteiger partial charge in [0.05, 0.1) is 47.5 Å². The van der Waals surface area contributed by atoms with Crippen molar-refractivity contribution in [2.24, 2.45) is 0 Å². The van der Waals surface area contributed by atoms with Crippen LogP contribution in [0.3, 0.4) is 0 Å². The predicted octanol–water partition coefficient (Wildman–Crippen LogP) is 17.6. The number of halogens is 9. The van der Waals surface area contributed by atoms with Crippen LogP contribution in [-0.2, 0) is 32.5 Å². The highest BCUT2D eigenvalue weighted by Crippen LogP contribution is 2.42. The summed E-state index contributed by atoms with van der Waals surface area (Å²) in [6, 6.07) is 27.1. The van der Waals surface area contributed by atoms with Gasteiger partial charge < -0.3 is 46.8 Å². The van der Waals surface area contributed by atoms with E-state index in [1.807, 2.05) is 0 Å². The van der Waals surface area contributed by atoms with Crippen molar-refractivity contribution in [1.29, 1.82) is 0 Å². The molecule has 0 saturated heterocycles. The Morgan fingerprint density at radius 2 is 0.372 bits per heavy atom. The summed E-state index contributed by atoms with van der Waals surface area (Å²) in [6.45, 7) is 42.6. The van der Waals surface area contributed by atoms with Gasteiger partial charge in [0.15, 0.2) is 0 Å². The van der Waals surface area contributed by atoms with Gasteiger partial charge in [0, 0.05) is 101 Å². The van der Waals surface area contributed by atoms with Gasteiger partial charge >= 0.3 is 0 Å². The van der Waals surface area contributed by atoms with E-state index in [0.717, 1.165) is 0 Å². The van der Waals surface area contributed by atoms with Crippen LogP contribution in [0, 0.1) is 0 Å². The summed E-state index contributed by atoms with van der Waals surface area (Å²) in [4.78, 5) is 23.1. The Morgan fingerprint density at radius 3 is 0.462 bits per heavy atom. The van der Waals surface area contributed by atoms with Gasteiger partial charge in [-0.3, -0.25) is 0 Å². The maximum Gasteiger partial charge on any atom is 0.0967 e. The summed E-state index contributed by atoms with van der Waals surface area (Å²) in [5, 5.41) is 0.778. The number of unbranched alkanes of at least 4 members (excludes halogenated alkanes) is 4. The van der Waals surface area contributed by atoms with Crippen LogP contribution in [0.1, 0.15) is 230 Å². The molecule has 16 heteroatoms. The lowest BCUT2D eigenvalue weighted by molar-refractivity contribution is -0.929. The van der Waals surface area contributed by atoms with Gasteiger partial charge in [-0.1, -0.05) is 53.4 Å². The molecule has 12 bridgehead atoms. The number of fused-ring (bicyclic) bond motifs is 12. The van der Waals surface area contributed by atoms with E-state index in [9.17, 15) is 0 Å². The number of nitrogens with zero attached hydrogens (tertiary/aromatic N) is 1. The lowest BCUT2D eigenvalue weighted by Gasteiger charge is -2.39. The van der Waals surface area contributed by atoms with Crippen molar-refractivity contribution in [2.75, 3.05) is 47.5 Å². The fourth-order valence-corrected chi connectivity index (χ4v) is 10.3. The lowest BCUT2D eigenvalue weighted by atomic mass is 9.85. The lowest BCUT2D eigenvalue weighted by Crippen LogP contribution is -3.00. The van der Waals surface area contributed by atoms with Crippen LogP contribution >= 0.6 is 92.8 Å². The van der Waals surface area contributed by atoms with Gasteiger partial charge in [0.25, 0.3) is 0 Å². The highest BCUT2D eigenvalue weighted by Gasteiger charge is 2.38. The van der Waals surface area contributed by atoms with Crippen molar-refractivity contribution < 1.29 is 16.9 Å². The van der Waals surface area contributed by atoms with Crippen molar-refractivity contribution in [2.45, 2.75) is 195 Å². The van der Waals surface area contributed by atoms with Gasteiger partial charge in [0.1, 0.15) is 0 Å². The quantitative estimate of drug-likeness (QED) is 0.0520. The van der Waals surface area contributed by atoms with Crippen LogP contribution < -0.4 is 12.4 Å². The molecule has 0 atom stereocenters. The van der Waals surface area contributed by atoms with Crippen molar-refractivity contribution >= 4 is 92.8 Å². The minimum atomic E-state index is -0.243. The normalized spacial score (nSPS) is 16.0. The second-order valence-corrected chi connectivity index (χ2v) is 26.8. The monoisotopic (exact) mass is 1260 g/mol. The first-order valence-electron chi connectivity index (χ1n) is 27.7. The summed E-state index contributed by atoms with van der Waals surface area (Å²) in [6.07, 6.45) is 11.1. The number of hydrogen-bond acceptors (Lipinski definition) is 0. The summed E-state index contributed by atoms with van der Waals surface area (Å²) in [5.41, 5.74) is 12.8. The molecule has 78 heavy (non-hydrogen) atoms. The third kappa shape index (κ3) is 19.1. The van der Waals surface area contributed by atoms with Crippen LogP contribution in [-0.4, -0.2) is 81.9 Å². The van der Waals surface area contributed by atoms with E-state index in [0.29, 0.717) is 0 Å². The second kappa shape index (κ2) is 34.1. The molecule has 0 aromatic carbocycles. The largest absolute Gasteiger partial charge is 1.00 e. The maximum absolute atomic E-state index is 4.76. The molecule has 0 unspecified atom stereocenters. The summed E-state index contributed by atoms with van der Waals surface area (Å²) in [7, 11) is 0. The Labute approximate surface area is 518 Å². The average molecular weight is 1260 g/mol. The van der Waals surface area contributed by atoms with E-state index in [2.05, 4.69) is 213 Å². The van der Waals surface area contributed by atoms with Crippen molar-refractivity contribution in [3.8, 4) is 0 Å². The highest BCUT2D eigenvalue weighted by atomic mass is 35.5. The minimum absolute atomic E-state index is 0. The molecular weight excluding hydrogens is 1160 g/mol. The van der Waals surface area contributed by atoms with Crippen molar-refractivity contribution in [1.82, 2.24) is 29.9 Å². The van der Waals surface area contributed by atoms with Gasteiger partial charge in [-0.2, -0.15) is 0 Å². The minimum Gasteiger partial charge on any atom is -1.00 e. The number of nitrogens with one attached hydrogen (secondary N) is 6. The molecule has 0 aliphatic carbocycles. The molecule has 7 nitrogen and oxygen atoms in total. The number of hydrogen-bond donors (Lipinski definition) is 6. The zero-order valence-corrected chi connectivity index (χ0v) is 56.9. The van der Waals surface area contributed by atoms with Crippen LogP contribution in [0.15, 0.2) is 72.8 Å². The fourth-order valence-electron chi connectivity index (χ4n) is 10.3. The summed E-state index contributed by atoms with van der Waals surface area (Å²) < 4.78 is 1.42. The molecular formula is C62H98Cl9N7. The zero-order valence-electron chi connectivity index (χ0n) is 50.1. The molecule has 444 valence electrons. The Kier molecular flexibility index (Phi) is 32.5. The number of alkyl halides is 8. The predicted molar refractivity (Wildman–Crippen MR) is 343 cm³/mol. The van der Waals surface area contributed by atoms with Gasteiger partial charge in [-0.25, -0.2) is 0 Å². The first kappa shape index (κ1) is 74.3.